The molecule has 6 bridgehead atoms. The molecule has 12 unspecified atom stereocenters. The molecule has 0 saturated heterocycles. The molecule has 5 fully saturated rings. The second-order valence-corrected chi connectivity index (χ2v) is 13.5. The van der Waals surface area contributed by atoms with Crippen molar-refractivity contribution in [1.29, 1.82) is 0 Å². The van der Waals surface area contributed by atoms with Crippen molar-refractivity contribution < 1.29 is 25.2 Å². The molecule has 5 heteroatoms. The molecule has 5 saturated carbocycles. The van der Waals surface area contributed by atoms with Gasteiger partial charge in [-0.05, 0) is 135 Å². The summed E-state index contributed by atoms with van der Waals surface area (Å²) in [5.74, 6) is 12.5. The lowest BCUT2D eigenvalue weighted by Gasteiger charge is -2.23. The van der Waals surface area contributed by atoms with Crippen LogP contribution in [0.5, 0.6) is 0 Å². The molecule has 0 aromatic rings. The number of aliphatic hydroxyl groups is 4. The van der Waals surface area contributed by atoms with Gasteiger partial charge in [-0.1, -0.05) is 48.6 Å². The van der Waals surface area contributed by atoms with Gasteiger partial charge >= 0.3 is 0 Å². The number of rotatable bonds is 3. The van der Waals surface area contributed by atoms with Crippen LogP contribution in [-0.4, -0.2) is 61.1 Å². The number of hydrogen-bond donors (Lipinski definition) is 4. The molecule has 5 nitrogen and oxygen atoms in total. The first kappa shape index (κ1) is 32.7. The minimum absolute atomic E-state index is 0.122. The Balaban J connectivity index is 0.000000121. The van der Waals surface area contributed by atoms with Gasteiger partial charge in [-0.3, -0.25) is 0 Å². The van der Waals surface area contributed by atoms with Crippen LogP contribution in [0.25, 0.3) is 0 Å². The molecule has 0 radical (unpaired) electrons. The maximum absolute atomic E-state index is 7.94. The molecule has 9 aliphatic carbocycles. The fourth-order valence-corrected chi connectivity index (χ4v) is 10.1. The Morgan fingerprint density at radius 1 is 0.537 bits per heavy atom. The Morgan fingerprint density at radius 3 is 1.41 bits per heavy atom. The van der Waals surface area contributed by atoms with E-state index in [2.05, 4.69) is 53.3 Å². The summed E-state index contributed by atoms with van der Waals surface area (Å²) in [5, 5.41) is 30.2. The van der Waals surface area contributed by atoms with Gasteiger partial charge in [0.2, 0.25) is 0 Å². The SMILES string of the molecule is C1=CC2C3C=CC(C3)C2C1.C1=CC2C3CCC(C3)C2C1.C1=CC2C3CCC(C3)C2C1.CO.COCCO.OCCO. The van der Waals surface area contributed by atoms with Crippen LogP contribution in [0.2, 0.25) is 0 Å². The number of allylic oxidation sites excluding steroid dienone is 8. The molecular formula is C36H58O5. The number of methoxy groups -OCH3 is 1. The van der Waals surface area contributed by atoms with Crippen LogP contribution < -0.4 is 0 Å². The quantitative estimate of drug-likeness (QED) is 0.322. The Morgan fingerprint density at radius 2 is 1.00 bits per heavy atom. The van der Waals surface area contributed by atoms with Gasteiger partial charge in [-0.2, -0.15) is 0 Å². The van der Waals surface area contributed by atoms with Gasteiger partial charge in [0.05, 0.1) is 26.4 Å². The fraction of sp³-hybridized carbons (Fsp3) is 0.778. The van der Waals surface area contributed by atoms with Gasteiger partial charge in [0, 0.05) is 14.2 Å². The van der Waals surface area contributed by atoms with Gasteiger partial charge in [0.1, 0.15) is 0 Å². The second-order valence-electron chi connectivity index (χ2n) is 13.5. The van der Waals surface area contributed by atoms with E-state index < -0.39 is 0 Å². The minimum Gasteiger partial charge on any atom is -0.400 e. The molecule has 12 atom stereocenters. The predicted octanol–water partition coefficient (Wildman–Crippen LogP) is 5.81. The van der Waals surface area contributed by atoms with E-state index in [1.165, 1.54) is 38.5 Å². The first-order valence-corrected chi connectivity index (χ1v) is 16.6. The molecule has 0 spiro atoms. The molecule has 0 aliphatic heterocycles. The lowest BCUT2D eigenvalue weighted by Crippen LogP contribution is -2.16. The molecule has 0 amide bonds. The fourth-order valence-electron chi connectivity index (χ4n) is 10.1. The van der Waals surface area contributed by atoms with Crippen molar-refractivity contribution in [1.82, 2.24) is 0 Å². The molecule has 0 aromatic carbocycles. The zero-order chi connectivity index (χ0) is 29.2. The van der Waals surface area contributed by atoms with Gasteiger partial charge in [-0.25, -0.2) is 0 Å². The Kier molecular flexibility index (Phi) is 13.2. The highest BCUT2D eigenvalue weighted by atomic mass is 16.5. The first-order valence-electron chi connectivity index (χ1n) is 16.6. The van der Waals surface area contributed by atoms with E-state index >= 15 is 0 Å². The topological polar surface area (TPSA) is 90.2 Å². The Bertz CT molecular complexity index is 833. The Labute approximate surface area is 249 Å². The zero-order valence-electron chi connectivity index (χ0n) is 25.6. The number of fused-ring (bicyclic) bond motifs is 15. The summed E-state index contributed by atoms with van der Waals surface area (Å²) < 4.78 is 4.44. The molecule has 9 aliphatic rings. The van der Waals surface area contributed by atoms with Crippen LogP contribution in [0.3, 0.4) is 0 Å². The van der Waals surface area contributed by atoms with Crippen molar-refractivity contribution in [3.8, 4) is 0 Å². The zero-order valence-corrected chi connectivity index (χ0v) is 25.6. The third kappa shape index (κ3) is 7.65. The third-order valence-electron chi connectivity index (χ3n) is 11.7. The van der Waals surface area contributed by atoms with Crippen LogP contribution in [0.15, 0.2) is 48.6 Å². The largest absolute Gasteiger partial charge is 0.400 e. The minimum atomic E-state index is -0.125. The van der Waals surface area contributed by atoms with Crippen molar-refractivity contribution >= 4 is 0 Å². The summed E-state index contributed by atoms with van der Waals surface area (Å²) in [6.07, 6.45) is 34.5. The standard InChI is InChI=1S/2C10H14.C10H12.C3H8O2.C2H6O2.CH4O/c3*1-2-9-7-4-5-8(6-7)10(9)3-1;1-5-3-2-4;3-1-2-4;1-2/h2*1-2,7-10H,3-6H2;1-2,4-5,7-10H,3,6H2;4H,2-3H2,1H3;3-4H,1-2H2;2H,1H3. The van der Waals surface area contributed by atoms with Crippen molar-refractivity contribution in [3.05, 3.63) is 48.6 Å². The maximum Gasteiger partial charge on any atom is 0.0693 e. The Hall–Kier alpha value is -1.24. The van der Waals surface area contributed by atoms with Gasteiger partial charge in [0.15, 0.2) is 0 Å². The molecule has 41 heavy (non-hydrogen) atoms. The highest BCUT2D eigenvalue weighted by Gasteiger charge is 2.48. The summed E-state index contributed by atoms with van der Waals surface area (Å²) in [4.78, 5) is 0. The molecule has 9 rings (SSSR count). The first-order chi connectivity index (χ1) is 20.2. The van der Waals surface area contributed by atoms with E-state index in [0.717, 1.165) is 78.1 Å². The predicted molar refractivity (Wildman–Crippen MR) is 166 cm³/mol. The van der Waals surface area contributed by atoms with Crippen LogP contribution in [0.1, 0.15) is 64.2 Å². The summed E-state index contributed by atoms with van der Waals surface area (Å²) >= 11 is 0. The summed E-state index contributed by atoms with van der Waals surface area (Å²) in [6, 6.07) is 0. The van der Waals surface area contributed by atoms with Crippen LogP contribution in [0, 0.1) is 71.0 Å². The average Bonchev–Trinajstić information content (AvgIpc) is 3.86. The van der Waals surface area contributed by atoms with Gasteiger partial charge in [0.25, 0.3) is 0 Å². The summed E-state index contributed by atoms with van der Waals surface area (Å²) in [6.45, 7) is 0.316. The normalized spacial score (nSPS) is 42.5. The summed E-state index contributed by atoms with van der Waals surface area (Å²) in [7, 11) is 2.55. The molecule has 0 heterocycles. The monoisotopic (exact) mass is 570 g/mol. The van der Waals surface area contributed by atoms with E-state index in [0.29, 0.717) is 6.61 Å². The third-order valence-corrected chi connectivity index (χ3v) is 11.7. The smallest absolute Gasteiger partial charge is 0.0693 e. The van der Waals surface area contributed by atoms with Crippen molar-refractivity contribution in [2.45, 2.75) is 64.2 Å². The van der Waals surface area contributed by atoms with Crippen molar-refractivity contribution in [2.75, 3.05) is 40.6 Å². The number of hydrogen-bond acceptors (Lipinski definition) is 5. The van der Waals surface area contributed by atoms with Crippen molar-refractivity contribution in [2.24, 2.45) is 71.0 Å². The van der Waals surface area contributed by atoms with E-state index in [-0.39, 0.29) is 19.8 Å². The lowest BCUT2D eigenvalue weighted by atomic mass is 9.82. The highest BCUT2D eigenvalue weighted by Crippen LogP contribution is 2.57. The van der Waals surface area contributed by atoms with E-state index in [1.807, 2.05) is 0 Å². The van der Waals surface area contributed by atoms with Crippen LogP contribution >= 0.6 is 0 Å². The van der Waals surface area contributed by atoms with Crippen LogP contribution in [-0.2, 0) is 4.74 Å². The summed E-state index contributed by atoms with van der Waals surface area (Å²) in [5.41, 5.74) is 0. The molecule has 4 N–H and O–H groups in total. The highest BCUT2D eigenvalue weighted by molar-refractivity contribution is 5.21. The van der Waals surface area contributed by atoms with Crippen LogP contribution in [0.4, 0.5) is 0 Å². The van der Waals surface area contributed by atoms with E-state index in [1.54, 1.807) is 32.8 Å². The second kappa shape index (κ2) is 16.6. The average molecular weight is 571 g/mol. The van der Waals surface area contributed by atoms with E-state index in [9.17, 15) is 0 Å². The van der Waals surface area contributed by atoms with Gasteiger partial charge in [-0.15, -0.1) is 0 Å². The molecule has 0 aromatic heterocycles. The van der Waals surface area contributed by atoms with Gasteiger partial charge < -0.3 is 25.2 Å². The maximum atomic E-state index is 7.94. The number of aliphatic hydroxyl groups excluding tert-OH is 4. The lowest BCUT2D eigenvalue weighted by molar-refractivity contribution is 0.135. The molecule has 232 valence electrons. The van der Waals surface area contributed by atoms with E-state index in [4.69, 9.17) is 20.4 Å². The molecular weight excluding hydrogens is 512 g/mol. The number of ether oxygens (including phenoxy) is 1. The van der Waals surface area contributed by atoms with Crippen molar-refractivity contribution in [3.63, 3.8) is 0 Å².